The molecule has 0 saturated heterocycles. The molecule has 0 saturated carbocycles. The van der Waals surface area contributed by atoms with Gasteiger partial charge in [-0.2, -0.15) is 10.4 Å². The van der Waals surface area contributed by atoms with Gasteiger partial charge < -0.3 is 4.74 Å². The highest BCUT2D eigenvalue weighted by atomic mass is 19.1. The summed E-state index contributed by atoms with van der Waals surface area (Å²) in [7, 11) is 0. The third-order valence-corrected chi connectivity index (χ3v) is 6.06. The number of nitriles is 1. The second-order valence-electron chi connectivity index (χ2n) is 8.34. The number of benzene rings is 2. The van der Waals surface area contributed by atoms with Gasteiger partial charge in [0.15, 0.2) is 0 Å². The smallest absolute Gasteiger partial charge is 0.412 e. The first-order valence-corrected chi connectivity index (χ1v) is 11.3. The van der Waals surface area contributed by atoms with Crippen molar-refractivity contribution in [2.75, 3.05) is 5.32 Å². The Balaban J connectivity index is 1.43. The molecule has 1 atom stereocenters. The Morgan fingerprint density at radius 2 is 2.11 bits per heavy atom. The molecule has 1 unspecified atom stereocenters. The first kappa shape index (κ1) is 22.3. The summed E-state index contributed by atoms with van der Waals surface area (Å²) < 4.78 is 21.5. The SMILES string of the molecule is N#CC1CC=C(c2nccn3ncc(-c4ccc(F)c(NC(=O)OCc5ccccc5)c4)c23)CC1. The molecule has 0 aliphatic heterocycles. The number of aromatic nitrogens is 3. The quantitative estimate of drug-likeness (QED) is 0.389. The Kier molecular flexibility index (Phi) is 6.22. The fourth-order valence-corrected chi connectivity index (χ4v) is 4.21. The van der Waals surface area contributed by atoms with Gasteiger partial charge in [0.2, 0.25) is 0 Å². The number of nitrogens with one attached hydrogen (secondary N) is 1. The summed E-state index contributed by atoms with van der Waals surface area (Å²) in [4.78, 5) is 16.9. The maximum Gasteiger partial charge on any atom is 0.412 e. The molecule has 1 aliphatic carbocycles. The van der Waals surface area contributed by atoms with Crippen LogP contribution in [-0.4, -0.2) is 20.7 Å². The fourth-order valence-electron chi connectivity index (χ4n) is 4.21. The average Bonchev–Trinajstić information content (AvgIpc) is 3.34. The molecule has 1 aliphatic rings. The Labute approximate surface area is 201 Å². The monoisotopic (exact) mass is 467 g/mol. The number of halogens is 1. The second-order valence-corrected chi connectivity index (χ2v) is 8.34. The van der Waals surface area contributed by atoms with Crippen LogP contribution in [0.5, 0.6) is 0 Å². The zero-order valence-corrected chi connectivity index (χ0v) is 18.8. The van der Waals surface area contributed by atoms with Crippen LogP contribution in [0, 0.1) is 23.1 Å². The lowest BCUT2D eigenvalue weighted by atomic mass is 9.88. The molecule has 5 rings (SSSR count). The standard InChI is InChI=1S/C27H22FN5O2/c28-23-11-10-21(14-24(23)32-27(34)35-17-19-4-2-1-3-5-19)22-16-31-33-13-12-30-25(26(22)33)20-8-6-18(15-29)7-9-20/h1-5,8,10-14,16,18H,6-7,9,17H2,(H,32,34). The molecule has 1 amide bonds. The van der Waals surface area contributed by atoms with Crippen LogP contribution in [0.3, 0.4) is 0 Å². The van der Waals surface area contributed by atoms with E-state index in [1.54, 1.807) is 35.2 Å². The lowest BCUT2D eigenvalue weighted by Gasteiger charge is -2.17. The van der Waals surface area contributed by atoms with Gasteiger partial charge in [-0.25, -0.2) is 13.7 Å². The molecule has 1 N–H and O–H groups in total. The van der Waals surface area contributed by atoms with Crippen LogP contribution < -0.4 is 5.32 Å². The summed E-state index contributed by atoms with van der Waals surface area (Å²) in [6.45, 7) is 0.0822. The van der Waals surface area contributed by atoms with E-state index in [0.717, 1.165) is 40.8 Å². The van der Waals surface area contributed by atoms with Crippen molar-refractivity contribution >= 4 is 22.9 Å². The van der Waals surface area contributed by atoms with E-state index >= 15 is 0 Å². The van der Waals surface area contributed by atoms with Crippen molar-refractivity contribution in [3.63, 3.8) is 0 Å². The second kappa shape index (κ2) is 9.77. The summed E-state index contributed by atoms with van der Waals surface area (Å²) in [5.74, 6) is -0.548. The number of hydrogen-bond acceptors (Lipinski definition) is 5. The van der Waals surface area contributed by atoms with Gasteiger partial charge in [0.05, 0.1) is 35.1 Å². The molecular weight excluding hydrogens is 445 g/mol. The van der Waals surface area contributed by atoms with Gasteiger partial charge in [0, 0.05) is 18.0 Å². The van der Waals surface area contributed by atoms with Crippen LogP contribution in [0.1, 0.15) is 30.5 Å². The van der Waals surface area contributed by atoms with Gasteiger partial charge in [0.1, 0.15) is 12.4 Å². The molecule has 174 valence electrons. The van der Waals surface area contributed by atoms with Crippen molar-refractivity contribution in [2.24, 2.45) is 5.92 Å². The third kappa shape index (κ3) is 4.75. The fraction of sp³-hybridized carbons (Fsp3) is 0.185. The number of anilines is 1. The Bertz CT molecular complexity index is 1460. The predicted octanol–water partition coefficient (Wildman–Crippen LogP) is 5.99. The van der Waals surface area contributed by atoms with E-state index in [1.165, 1.54) is 6.07 Å². The molecule has 2 aromatic carbocycles. The molecule has 7 nitrogen and oxygen atoms in total. The summed E-state index contributed by atoms with van der Waals surface area (Å²) in [5, 5.41) is 16.2. The Morgan fingerprint density at radius 3 is 2.89 bits per heavy atom. The number of fused-ring (bicyclic) bond motifs is 1. The van der Waals surface area contributed by atoms with Crippen molar-refractivity contribution in [1.82, 2.24) is 14.6 Å². The van der Waals surface area contributed by atoms with Crippen LogP contribution in [0.25, 0.3) is 22.2 Å². The van der Waals surface area contributed by atoms with E-state index in [1.807, 2.05) is 30.3 Å². The van der Waals surface area contributed by atoms with E-state index in [0.29, 0.717) is 12.0 Å². The maximum absolute atomic E-state index is 14.6. The van der Waals surface area contributed by atoms with Crippen molar-refractivity contribution < 1.29 is 13.9 Å². The van der Waals surface area contributed by atoms with Crippen LogP contribution >= 0.6 is 0 Å². The van der Waals surface area contributed by atoms with Crippen LogP contribution in [0.2, 0.25) is 0 Å². The number of allylic oxidation sites excluding steroid dienone is 2. The van der Waals surface area contributed by atoms with Crippen LogP contribution in [0.4, 0.5) is 14.9 Å². The van der Waals surface area contributed by atoms with Gasteiger partial charge in [-0.15, -0.1) is 0 Å². The highest BCUT2D eigenvalue weighted by Gasteiger charge is 2.20. The van der Waals surface area contributed by atoms with Crippen molar-refractivity contribution in [3.8, 4) is 17.2 Å². The summed E-state index contributed by atoms with van der Waals surface area (Å²) in [5.41, 5.74) is 4.93. The predicted molar refractivity (Wildman–Crippen MR) is 130 cm³/mol. The van der Waals surface area contributed by atoms with E-state index in [4.69, 9.17) is 4.74 Å². The minimum absolute atomic E-state index is 0.0131. The molecule has 8 heteroatoms. The van der Waals surface area contributed by atoms with Gasteiger partial charge >= 0.3 is 6.09 Å². The molecule has 0 fully saturated rings. The Morgan fingerprint density at radius 1 is 1.26 bits per heavy atom. The first-order valence-electron chi connectivity index (χ1n) is 11.3. The van der Waals surface area contributed by atoms with E-state index < -0.39 is 11.9 Å². The van der Waals surface area contributed by atoms with Crippen molar-refractivity contribution in [2.45, 2.75) is 25.9 Å². The molecule has 0 spiro atoms. The zero-order chi connectivity index (χ0) is 24.2. The molecule has 0 bridgehead atoms. The van der Waals surface area contributed by atoms with Crippen molar-refractivity contribution in [3.05, 3.63) is 90.3 Å². The highest BCUT2D eigenvalue weighted by Crippen LogP contribution is 2.35. The minimum atomic E-state index is -0.744. The van der Waals surface area contributed by atoms with E-state index in [2.05, 4.69) is 27.5 Å². The van der Waals surface area contributed by atoms with Crippen LogP contribution in [0.15, 0.2) is 73.2 Å². The molecule has 4 aromatic rings. The normalized spacial score (nSPS) is 15.3. The largest absolute Gasteiger partial charge is 0.444 e. The Hall–Kier alpha value is -4.51. The number of hydrogen-bond donors (Lipinski definition) is 1. The highest BCUT2D eigenvalue weighted by molar-refractivity contribution is 5.91. The number of carbonyl (C=O) groups is 1. The molecule has 2 aromatic heterocycles. The number of carbonyl (C=O) groups excluding carboxylic acids is 1. The number of nitrogens with zero attached hydrogens (tertiary/aromatic N) is 4. The summed E-state index contributed by atoms with van der Waals surface area (Å²) in [6, 6.07) is 16.1. The average molecular weight is 468 g/mol. The van der Waals surface area contributed by atoms with Crippen molar-refractivity contribution in [1.29, 1.82) is 5.26 Å². The van der Waals surface area contributed by atoms with Gasteiger partial charge in [0.25, 0.3) is 0 Å². The molecule has 0 radical (unpaired) electrons. The zero-order valence-electron chi connectivity index (χ0n) is 18.8. The number of amides is 1. The van der Waals surface area contributed by atoms with E-state index in [9.17, 15) is 14.4 Å². The lowest BCUT2D eigenvalue weighted by molar-refractivity contribution is 0.155. The minimum Gasteiger partial charge on any atom is -0.444 e. The first-order chi connectivity index (χ1) is 17.1. The molecule has 2 heterocycles. The van der Waals surface area contributed by atoms with Gasteiger partial charge in [-0.3, -0.25) is 10.3 Å². The van der Waals surface area contributed by atoms with Crippen LogP contribution in [-0.2, 0) is 11.3 Å². The number of ether oxygens (including phenoxy) is 1. The third-order valence-electron chi connectivity index (χ3n) is 6.06. The van der Waals surface area contributed by atoms with Gasteiger partial charge in [-0.05, 0) is 48.1 Å². The summed E-state index contributed by atoms with van der Waals surface area (Å²) >= 11 is 0. The maximum atomic E-state index is 14.6. The summed E-state index contributed by atoms with van der Waals surface area (Å²) in [6.07, 6.45) is 8.69. The topological polar surface area (TPSA) is 92.3 Å². The van der Waals surface area contributed by atoms with E-state index in [-0.39, 0.29) is 18.2 Å². The van der Waals surface area contributed by atoms with Gasteiger partial charge in [-0.1, -0.05) is 42.5 Å². The lowest BCUT2D eigenvalue weighted by Crippen LogP contribution is -2.14. The molecule has 35 heavy (non-hydrogen) atoms. The molecular formula is C27H22FN5O2. The number of rotatable bonds is 5.